The first-order valence-corrected chi connectivity index (χ1v) is 7.04. The zero-order valence-corrected chi connectivity index (χ0v) is 13.7. The molecule has 0 radical (unpaired) electrons. The van der Waals surface area contributed by atoms with Crippen LogP contribution in [0.25, 0.3) is 0 Å². The Labute approximate surface area is 133 Å². The van der Waals surface area contributed by atoms with Crippen LogP contribution in [0, 0.1) is 20.8 Å². The predicted octanol–water partition coefficient (Wildman–Crippen LogP) is 3.64. The van der Waals surface area contributed by atoms with Gasteiger partial charge in [-0.2, -0.15) is 0 Å². The van der Waals surface area contributed by atoms with Crippen LogP contribution in [0.15, 0.2) is 42.5 Å². The molecule has 0 unspecified atom stereocenters. The van der Waals surface area contributed by atoms with Crippen molar-refractivity contribution in [1.29, 1.82) is 0 Å². The van der Waals surface area contributed by atoms with Crippen molar-refractivity contribution in [1.82, 2.24) is 0 Å². The topological polar surface area (TPSA) is 46.2 Å². The average Bonchev–Trinajstić information content (AvgIpc) is 2.38. The molecule has 0 saturated carbocycles. The molecule has 114 valence electrons. The predicted molar refractivity (Wildman–Crippen MR) is 91.0 cm³/mol. The number of hydrogen-bond donors (Lipinski definition) is 2. The lowest BCUT2D eigenvalue weighted by Gasteiger charge is -2.23. The van der Waals surface area contributed by atoms with Gasteiger partial charge in [0.2, 0.25) is 0 Å². The van der Waals surface area contributed by atoms with Gasteiger partial charge >= 0.3 is 0 Å². The van der Waals surface area contributed by atoms with Gasteiger partial charge in [0.15, 0.2) is 0 Å². The van der Waals surface area contributed by atoms with Gasteiger partial charge in [-0.25, -0.2) is 0 Å². The van der Waals surface area contributed by atoms with Crippen LogP contribution in [0.2, 0.25) is 0 Å². The maximum Gasteiger partial charge on any atom is 0.0773 e. The summed E-state index contributed by atoms with van der Waals surface area (Å²) in [6.07, 6.45) is 0.00638. The number of aryl methyl sites for hydroxylation is 3. The average molecular weight is 306 g/mol. The fourth-order valence-electron chi connectivity index (χ4n) is 2.89. The lowest BCUT2D eigenvalue weighted by atomic mass is 9.89. The van der Waals surface area contributed by atoms with E-state index < -0.39 is 6.10 Å². The smallest absolute Gasteiger partial charge is 0.0773 e. The zero-order valence-electron chi connectivity index (χ0n) is 12.8. The minimum absolute atomic E-state index is 0. The van der Waals surface area contributed by atoms with Crippen LogP contribution in [-0.2, 0) is 6.42 Å². The Kier molecular flexibility index (Phi) is 6.41. The first kappa shape index (κ1) is 17.7. The second-order valence-electron chi connectivity index (χ2n) is 5.60. The summed E-state index contributed by atoms with van der Waals surface area (Å²) in [5.74, 6) is 0. The molecule has 0 aliphatic rings. The van der Waals surface area contributed by atoms with E-state index in [0.29, 0.717) is 6.42 Å². The standard InChI is InChI=1S/C18H23NO.ClH/c1-12-9-13(2)17(14(3)10-12)18(19)16(20)11-15-7-5-4-6-8-15;/h4-10,16,18,20H,11,19H2,1-3H3;1H/t16-,18-;/m1./s1. The molecular formula is C18H24ClNO. The fraction of sp³-hybridized carbons (Fsp3) is 0.333. The fourth-order valence-corrected chi connectivity index (χ4v) is 2.89. The van der Waals surface area contributed by atoms with E-state index >= 15 is 0 Å². The number of halogens is 1. The first-order chi connectivity index (χ1) is 9.49. The molecule has 0 aromatic heterocycles. The Morgan fingerprint density at radius 3 is 2.05 bits per heavy atom. The molecular weight excluding hydrogens is 282 g/mol. The maximum absolute atomic E-state index is 10.4. The Hall–Kier alpha value is -1.35. The minimum atomic E-state index is -0.572. The molecule has 0 fully saturated rings. The van der Waals surface area contributed by atoms with Crippen molar-refractivity contribution >= 4 is 12.4 Å². The maximum atomic E-state index is 10.4. The monoisotopic (exact) mass is 305 g/mol. The highest BCUT2D eigenvalue weighted by atomic mass is 35.5. The summed E-state index contributed by atoms with van der Waals surface area (Å²) in [5.41, 5.74) is 12.0. The number of rotatable bonds is 4. The van der Waals surface area contributed by atoms with Crippen LogP contribution >= 0.6 is 12.4 Å². The molecule has 2 atom stereocenters. The molecule has 2 aromatic carbocycles. The number of benzene rings is 2. The molecule has 3 heteroatoms. The number of aliphatic hydroxyl groups excluding tert-OH is 1. The van der Waals surface area contributed by atoms with Gasteiger partial charge in [0.1, 0.15) is 0 Å². The molecule has 3 N–H and O–H groups in total. The van der Waals surface area contributed by atoms with E-state index in [1.54, 1.807) is 0 Å². The van der Waals surface area contributed by atoms with Gasteiger partial charge in [0.05, 0.1) is 12.1 Å². The van der Waals surface area contributed by atoms with Crippen LogP contribution in [0.4, 0.5) is 0 Å². The molecule has 2 aromatic rings. The molecule has 0 spiro atoms. The zero-order chi connectivity index (χ0) is 14.7. The third-order valence-electron chi connectivity index (χ3n) is 3.77. The summed E-state index contributed by atoms with van der Waals surface area (Å²) in [5, 5.41) is 10.4. The summed E-state index contributed by atoms with van der Waals surface area (Å²) in [4.78, 5) is 0. The third-order valence-corrected chi connectivity index (χ3v) is 3.77. The molecule has 0 amide bonds. The molecule has 2 rings (SSSR count). The van der Waals surface area contributed by atoms with Gasteiger partial charge in [-0.3, -0.25) is 0 Å². The molecule has 21 heavy (non-hydrogen) atoms. The van der Waals surface area contributed by atoms with Crippen molar-refractivity contribution in [3.63, 3.8) is 0 Å². The lowest BCUT2D eigenvalue weighted by molar-refractivity contribution is 0.144. The highest BCUT2D eigenvalue weighted by molar-refractivity contribution is 5.85. The number of hydrogen-bond acceptors (Lipinski definition) is 2. The van der Waals surface area contributed by atoms with E-state index in [9.17, 15) is 5.11 Å². The Bertz CT molecular complexity index is 560. The van der Waals surface area contributed by atoms with Crippen LogP contribution in [-0.4, -0.2) is 11.2 Å². The van der Waals surface area contributed by atoms with Crippen LogP contribution in [0.3, 0.4) is 0 Å². The normalized spacial score (nSPS) is 13.4. The van der Waals surface area contributed by atoms with E-state index in [4.69, 9.17) is 5.73 Å². The third kappa shape index (κ3) is 4.31. The van der Waals surface area contributed by atoms with Crippen molar-refractivity contribution in [3.8, 4) is 0 Å². The minimum Gasteiger partial charge on any atom is -0.391 e. The van der Waals surface area contributed by atoms with Crippen LogP contribution in [0.1, 0.15) is 33.9 Å². The van der Waals surface area contributed by atoms with Crippen molar-refractivity contribution < 1.29 is 5.11 Å². The van der Waals surface area contributed by atoms with E-state index in [-0.39, 0.29) is 18.4 Å². The van der Waals surface area contributed by atoms with Crippen molar-refractivity contribution in [2.75, 3.05) is 0 Å². The highest BCUT2D eigenvalue weighted by Gasteiger charge is 2.20. The van der Waals surface area contributed by atoms with Gasteiger partial charge in [-0.15, -0.1) is 12.4 Å². The van der Waals surface area contributed by atoms with Gasteiger partial charge in [-0.05, 0) is 43.0 Å². The van der Waals surface area contributed by atoms with E-state index in [1.807, 2.05) is 30.3 Å². The first-order valence-electron chi connectivity index (χ1n) is 7.04. The molecule has 2 nitrogen and oxygen atoms in total. The Morgan fingerprint density at radius 1 is 1.00 bits per heavy atom. The summed E-state index contributed by atoms with van der Waals surface area (Å²) >= 11 is 0. The SMILES string of the molecule is Cc1cc(C)c([C@H](N)[C@H](O)Cc2ccccc2)c(C)c1.Cl. The highest BCUT2D eigenvalue weighted by Crippen LogP contribution is 2.25. The Balaban J connectivity index is 0.00000220. The van der Waals surface area contributed by atoms with E-state index in [2.05, 4.69) is 32.9 Å². The number of aliphatic hydroxyl groups is 1. The van der Waals surface area contributed by atoms with Crippen LogP contribution < -0.4 is 5.73 Å². The lowest BCUT2D eigenvalue weighted by Crippen LogP contribution is -2.29. The van der Waals surface area contributed by atoms with Gasteiger partial charge in [0, 0.05) is 6.42 Å². The van der Waals surface area contributed by atoms with Crippen LogP contribution in [0.5, 0.6) is 0 Å². The van der Waals surface area contributed by atoms with E-state index in [0.717, 1.165) is 22.3 Å². The Morgan fingerprint density at radius 2 is 1.52 bits per heavy atom. The summed E-state index contributed by atoms with van der Waals surface area (Å²) < 4.78 is 0. The summed E-state index contributed by atoms with van der Waals surface area (Å²) in [6, 6.07) is 13.9. The molecule has 0 heterocycles. The molecule has 0 saturated heterocycles. The second-order valence-corrected chi connectivity index (χ2v) is 5.60. The second kappa shape index (κ2) is 7.60. The van der Waals surface area contributed by atoms with Gasteiger partial charge in [0.25, 0.3) is 0 Å². The van der Waals surface area contributed by atoms with Gasteiger partial charge < -0.3 is 10.8 Å². The van der Waals surface area contributed by atoms with Gasteiger partial charge in [-0.1, -0.05) is 48.0 Å². The summed E-state index contributed by atoms with van der Waals surface area (Å²) in [7, 11) is 0. The van der Waals surface area contributed by atoms with Crippen molar-refractivity contribution in [2.45, 2.75) is 39.3 Å². The largest absolute Gasteiger partial charge is 0.391 e. The molecule has 0 aliphatic carbocycles. The molecule has 0 bridgehead atoms. The van der Waals surface area contributed by atoms with E-state index in [1.165, 1.54) is 5.56 Å². The summed E-state index contributed by atoms with van der Waals surface area (Å²) in [6.45, 7) is 6.20. The quantitative estimate of drug-likeness (QED) is 0.906. The number of nitrogens with two attached hydrogens (primary N) is 1. The molecule has 0 aliphatic heterocycles. The van der Waals surface area contributed by atoms with Crippen molar-refractivity contribution in [2.24, 2.45) is 5.73 Å². The van der Waals surface area contributed by atoms with Crippen molar-refractivity contribution in [3.05, 3.63) is 70.3 Å².